The Morgan fingerprint density at radius 1 is 0.628 bits per heavy atom. The van der Waals surface area contributed by atoms with Crippen molar-refractivity contribution in [2.45, 2.75) is 23.9 Å². The van der Waals surface area contributed by atoms with Crippen LogP contribution in [0.15, 0.2) is 143 Å². The number of aliphatic imine (C=N–C) groups is 1. The average Bonchev–Trinajstić information content (AvgIpc) is 3.05. The lowest BCUT2D eigenvalue weighted by atomic mass is 9.92. The first-order chi connectivity index (χ1) is 20.9. The van der Waals surface area contributed by atoms with Crippen molar-refractivity contribution in [3.05, 3.63) is 161 Å². The Morgan fingerprint density at radius 3 is 1.63 bits per heavy atom. The normalized spacial score (nSPS) is 12.6. The maximum absolute atomic E-state index is 14.0. The maximum Gasteiger partial charge on any atom is 0.241 e. The molecule has 0 spiro atoms. The van der Waals surface area contributed by atoms with E-state index in [4.69, 9.17) is 14.5 Å². The zero-order valence-electron chi connectivity index (χ0n) is 24.3. The van der Waals surface area contributed by atoms with Gasteiger partial charge in [0.15, 0.2) is 0 Å². The van der Waals surface area contributed by atoms with Crippen molar-refractivity contribution in [2.24, 2.45) is 4.99 Å². The first-order valence-electron chi connectivity index (χ1n) is 13.9. The molecule has 218 valence electrons. The van der Waals surface area contributed by atoms with Crippen molar-refractivity contribution < 1.29 is 17.9 Å². The van der Waals surface area contributed by atoms with Crippen LogP contribution in [0, 0.1) is 6.92 Å². The number of para-hydroxylation sites is 2. The number of nitrogens with one attached hydrogen (secondary N) is 1. The van der Waals surface area contributed by atoms with E-state index in [1.807, 2.05) is 116 Å². The van der Waals surface area contributed by atoms with Crippen LogP contribution >= 0.6 is 0 Å². The lowest BCUT2D eigenvalue weighted by molar-refractivity contribution is 0.386. The highest BCUT2D eigenvalue weighted by Crippen LogP contribution is 2.42. The second kappa shape index (κ2) is 13.5. The largest absolute Gasteiger partial charge is 0.496 e. The highest BCUT2D eigenvalue weighted by molar-refractivity contribution is 7.89. The third-order valence-corrected chi connectivity index (χ3v) is 8.68. The Labute approximate surface area is 253 Å². The summed E-state index contributed by atoms with van der Waals surface area (Å²) < 4.78 is 42.6. The highest BCUT2D eigenvalue weighted by Gasteiger charge is 2.34. The van der Waals surface area contributed by atoms with Gasteiger partial charge in [-0.3, -0.25) is 4.99 Å². The Bertz CT molecular complexity index is 1750. The Hall–Kier alpha value is -4.72. The maximum atomic E-state index is 14.0. The van der Waals surface area contributed by atoms with Crippen molar-refractivity contribution >= 4 is 15.7 Å². The molecule has 7 heteroatoms. The lowest BCUT2D eigenvalue weighted by Gasteiger charge is -2.29. The second-order valence-electron chi connectivity index (χ2n) is 10.1. The molecular weight excluding hydrogens is 556 g/mol. The predicted molar refractivity (Wildman–Crippen MR) is 171 cm³/mol. The highest BCUT2D eigenvalue weighted by atomic mass is 32.2. The molecule has 0 heterocycles. The third kappa shape index (κ3) is 6.85. The fourth-order valence-electron chi connectivity index (χ4n) is 5.06. The van der Waals surface area contributed by atoms with E-state index in [0.29, 0.717) is 22.8 Å². The van der Waals surface area contributed by atoms with Gasteiger partial charge in [-0.25, -0.2) is 13.1 Å². The average molecular weight is 591 g/mol. The van der Waals surface area contributed by atoms with E-state index in [1.165, 1.54) is 0 Å². The number of aryl methyl sites for hydroxylation is 1. The first-order valence-corrected chi connectivity index (χ1v) is 15.4. The van der Waals surface area contributed by atoms with Gasteiger partial charge in [-0.05, 0) is 31.2 Å². The third-order valence-electron chi connectivity index (χ3n) is 7.22. The summed E-state index contributed by atoms with van der Waals surface area (Å²) in [5.74, 6) is 1.13. The molecule has 43 heavy (non-hydrogen) atoms. The van der Waals surface area contributed by atoms with Crippen LogP contribution in [0.3, 0.4) is 0 Å². The van der Waals surface area contributed by atoms with Crippen LogP contribution in [0.4, 0.5) is 0 Å². The molecule has 0 saturated carbocycles. The summed E-state index contributed by atoms with van der Waals surface area (Å²) in [5, 5.41) is 0. The molecule has 0 aliphatic carbocycles. The minimum Gasteiger partial charge on any atom is -0.496 e. The van der Waals surface area contributed by atoms with Gasteiger partial charge in [-0.1, -0.05) is 115 Å². The number of nitrogens with zero attached hydrogens (tertiary/aromatic N) is 1. The number of hydrogen-bond donors (Lipinski definition) is 1. The summed E-state index contributed by atoms with van der Waals surface area (Å²) in [6.07, 6.45) is 0. The zero-order valence-corrected chi connectivity index (χ0v) is 25.2. The van der Waals surface area contributed by atoms with Crippen LogP contribution in [-0.4, -0.2) is 28.3 Å². The van der Waals surface area contributed by atoms with Crippen molar-refractivity contribution in [1.82, 2.24) is 4.72 Å². The molecule has 0 aliphatic rings. The number of sulfonamides is 1. The summed E-state index contributed by atoms with van der Waals surface area (Å²) in [5.41, 5.74) is 4.83. The minimum atomic E-state index is -4.00. The zero-order chi connectivity index (χ0) is 30.2. The SMILES string of the molecule is COc1ccccc1C(N=C(c1ccccc1)c1ccccc1)C(NS(=O)(=O)c1ccc(C)cc1)c1ccccc1OC. The van der Waals surface area contributed by atoms with Gasteiger partial charge in [0.1, 0.15) is 11.5 Å². The van der Waals surface area contributed by atoms with E-state index in [9.17, 15) is 8.42 Å². The lowest BCUT2D eigenvalue weighted by Crippen LogP contribution is -2.33. The molecule has 6 nitrogen and oxygen atoms in total. The molecule has 0 aromatic heterocycles. The molecule has 0 amide bonds. The second-order valence-corrected chi connectivity index (χ2v) is 11.8. The molecule has 2 unspecified atom stereocenters. The summed E-state index contributed by atoms with van der Waals surface area (Å²) in [7, 11) is -0.827. The number of benzene rings is 5. The molecule has 0 aliphatic heterocycles. The number of hydrogen-bond acceptors (Lipinski definition) is 5. The molecule has 0 bridgehead atoms. The Balaban J connectivity index is 1.80. The molecule has 5 aromatic rings. The van der Waals surface area contributed by atoms with Gasteiger partial charge in [0.05, 0.1) is 36.9 Å². The number of ether oxygens (including phenoxy) is 2. The van der Waals surface area contributed by atoms with E-state index in [2.05, 4.69) is 4.72 Å². The van der Waals surface area contributed by atoms with E-state index < -0.39 is 22.1 Å². The number of rotatable bonds is 11. The van der Waals surface area contributed by atoms with Gasteiger partial charge in [-0.15, -0.1) is 0 Å². The minimum absolute atomic E-state index is 0.159. The van der Waals surface area contributed by atoms with Crippen LogP contribution in [-0.2, 0) is 10.0 Å². The van der Waals surface area contributed by atoms with Crippen LogP contribution in [0.25, 0.3) is 0 Å². The molecular formula is C36H34N2O4S. The van der Waals surface area contributed by atoms with Crippen LogP contribution in [0.2, 0.25) is 0 Å². The molecule has 0 saturated heterocycles. The fraction of sp³-hybridized carbons (Fsp3) is 0.139. The van der Waals surface area contributed by atoms with E-state index in [-0.39, 0.29) is 4.90 Å². The molecule has 0 fully saturated rings. The van der Waals surface area contributed by atoms with Gasteiger partial charge >= 0.3 is 0 Å². The molecule has 2 atom stereocenters. The summed E-state index contributed by atoms with van der Waals surface area (Å²) in [6.45, 7) is 1.92. The monoisotopic (exact) mass is 590 g/mol. The predicted octanol–water partition coefficient (Wildman–Crippen LogP) is 7.31. The summed E-state index contributed by atoms with van der Waals surface area (Å²) in [6, 6.07) is 39.9. The van der Waals surface area contributed by atoms with Gasteiger partial charge in [0, 0.05) is 22.3 Å². The molecule has 0 radical (unpaired) electrons. The summed E-state index contributed by atoms with van der Waals surface area (Å²) >= 11 is 0. The van der Waals surface area contributed by atoms with E-state index in [1.54, 1.807) is 38.5 Å². The quantitative estimate of drug-likeness (QED) is 0.164. The first kappa shape index (κ1) is 29.8. The van der Waals surface area contributed by atoms with Gasteiger partial charge in [0.2, 0.25) is 10.0 Å². The van der Waals surface area contributed by atoms with E-state index >= 15 is 0 Å². The standard InChI is InChI=1S/C36H34N2O4S/c1-26-22-24-29(25-23-26)43(39,40)38-36(31-19-11-13-21-33(31)42-3)35(30-18-10-12-20-32(30)41-2)37-34(27-14-6-4-7-15-27)28-16-8-5-9-17-28/h4-25,35-36,38H,1-3H3. The van der Waals surface area contributed by atoms with Gasteiger partial charge < -0.3 is 9.47 Å². The topological polar surface area (TPSA) is 77.0 Å². The van der Waals surface area contributed by atoms with Crippen molar-refractivity contribution in [2.75, 3.05) is 14.2 Å². The fourth-order valence-corrected chi connectivity index (χ4v) is 6.28. The van der Waals surface area contributed by atoms with Crippen LogP contribution in [0.1, 0.15) is 39.9 Å². The number of methoxy groups -OCH3 is 2. The van der Waals surface area contributed by atoms with Gasteiger partial charge in [0.25, 0.3) is 0 Å². The Kier molecular flexibility index (Phi) is 9.35. The molecule has 5 rings (SSSR count). The van der Waals surface area contributed by atoms with Crippen LogP contribution < -0.4 is 14.2 Å². The Morgan fingerprint density at radius 2 is 1.09 bits per heavy atom. The summed E-state index contributed by atoms with van der Waals surface area (Å²) in [4.78, 5) is 5.55. The molecule has 5 aromatic carbocycles. The van der Waals surface area contributed by atoms with Crippen molar-refractivity contribution in [3.8, 4) is 11.5 Å². The van der Waals surface area contributed by atoms with Crippen molar-refractivity contribution in [3.63, 3.8) is 0 Å². The van der Waals surface area contributed by atoms with E-state index in [0.717, 1.165) is 22.3 Å². The van der Waals surface area contributed by atoms with Crippen molar-refractivity contribution in [1.29, 1.82) is 0 Å². The van der Waals surface area contributed by atoms with Crippen LogP contribution in [0.5, 0.6) is 11.5 Å². The smallest absolute Gasteiger partial charge is 0.241 e. The molecule has 1 N–H and O–H groups in total. The van der Waals surface area contributed by atoms with Gasteiger partial charge in [-0.2, -0.15) is 0 Å².